The van der Waals surface area contributed by atoms with E-state index in [1.807, 2.05) is 64.1 Å². The number of thioether (sulfide) groups is 1. The summed E-state index contributed by atoms with van der Waals surface area (Å²) in [5.41, 5.74) is 4.69. The molecule has 0 fully saturated rings. The lowest BCUT2D eigenvalue weighted by Gasteiger charge is -2.31. The quantitative estimate of drug-likeness (QED) is 0.590. The second kappa shape index (κ2) is 11.8. The molecule has 5 heteroatoms. The molecular weight excluding hydrogens is 392 g/mol. The van der Waals surface area contributed by atoms with Crippen LogP contribution in [0.5, 0.6) is 0 Å². The van der Waals surface area contributed by atoms with Crippen LogP contribution >= 0.6 is 11.8 Å². The summed E-state index contributed by atoms with van der Waals surface area (Å²) >= 11 is 1.60. The summed E-state index contributed by atoms with van der Waals surface area (Å²) in [6.45, 7) is 10.4. The molecule has 0 spiro atoms. The van der Waals surface area contributed by atoms with E-state index in [9.17, 15) is 9.59 Å². The molecule has 0 aliphatic rings. The summed E-state index contributed by atoms with van der Waals surface area (Å²) in [7, 11) is 0. The van der Waals surface area contributed by atoms with E-state index < -0.39 is 6.04 Å². The van der Waals surface area contributed by atoms with Crippen molar-refractivity contribution in [2.45, 2.75) is 65.4 Å². The summed E-state index contributed by atoms with van der Waals surface area (Å²) in [6.07, 6.45) is 0.582. The molecule has 1 atom stereocenters. The van der Waals surface area contributed by atoms with Gasteiger partial charge in [0.1, 0.15) is 6.04 Å². The number of carbonyl (C=O) groups excluding carboxylic acids is 2. The van der Waals surface area contributed by atoms with E-state index >= 15 is 0 Å². The molecule has 0 aliphatic carbocycles. The minimum atomic E-state index is -0.472. The van der Waals surface area contributed by atoms with Gasteiger partial charge in [0.25, 0.3) is 0 Å². The van der Waals surface area contributed by atoms with Gasteiger partial charge in [-0.3, -0.25) is 9.59 Å². The number of hydrogen-bond donors (Lipinski definition) is 1. The fourth-order valence-corrected chi connectivity index (χ4v) is 4.28. The normalized spacial score (nSPS) is 11.9. The fourth-order valence-electron chi connectivity index (χ4n) is 3.29. The SMILES string of the molecule is CC[C@H](C(=O)NC(C)C)N(Cc1ccc(C)cc1)C(=O)CSCc1ccccc1C. The Morgan fingerprint density at radius 1 is 1.03 bits per heavy atom. The monoisotopic (exact) mass is 426 g/mol. The second-order valence-electron chi connectivity index (χ2n) is 8.01. The van der Waals surface area contributed by atoms with Crippen molar-refractivity contribution < 1.29 is 9.59 Å². The Labute approximate surface area is 185 Å². The molecule has 1 N–H and O–H groups in total. The zero-order chi connectivity index (χ0) is 22.1. The molecule has 0 bridgehead atoms. The molecular formula is C25H34N2O2S. The van der Waals surface area contributed by atoms with Crippen molar-refractivity contribution >= 4 is 23.6 Å². The highest BCUT2D eigenvalue weighted by Gasteiger charge is 2.28. The van der Waals surface area contributed by atoms with Crippen LogP contribution in [0.15, 0.2) is 48.5 Å². The molecule has 162 valence electrons. The Hall–Kier alpha value is -2.27. The third-order valence-corrected chi connectivity index (χ3v) is 6.00. The van der Waals surface area contributed by atoms with Crippen LogP contribution in [0.3, 0.4) is 0 Å². The molecule has 2 amide bonds. The van der Waals surface area contributed by atoms with Gasteiger partial charge in [0.15, 0.2) is 0 Å². The average molecular weight is 427 g/mol. The van der Waals surface area contributed by atoms with Crippen molar-refractivity contribution in [3.63, 3.8) is 0 Å². The summed E-state index contributed by atoms with van der Waals surface area (Å²) in [5.74, 6) is 1.05. The van der Waals surface area contributed by atoms with Gasteiger partial charge >= 0.3 is 0 Å². The first-order chi connectivity index (χ1) is 14.3. The standard InChI is InChI=1S/C25H34N2O2S/c1-6-23(25(29)26-18(2)3)27(15-21-13-11-19(4)12-14-21)24(28)17-30-16-22-10-8-7-9-20(22)5/h7-14,18,23H,6,15-17H2,1-5H3,(H,26,29)/t23-/m1/s1. The predicted octanol–water partition coefficient (Wildman–Crippen LogP) is 4.87. The van der Waals surface area contributed by atoms with Crippen LogP contribution < -0.4 is 5.32 Å². The van der Waals surface area contributed by atoms with E-state index in [1.54, 1.807) is 16.7 Å². The number of nitrogens with zero attached hydrogens (tertiary/aromatic N) is 1. The van der Waals surface area contributed by atoms with Gasteiger partial charge < -0.3 is 10.2 Å². The molecule has 0 aliphatic heterocycles. The number of rotatable bonds is 10. The van der Waals surface area contributed by atoms with E-state index in [4.69, 9.17) is 0 Å². The molecule has 2 aromatic carbocycles. The molecule has 4 nitrogen and oxygen atoms in total. The molecule has 0 aromatic heterocycles. The van der Waals surface area contributed by atoms with Gasteiger partial charge in [-0.25, -0.2) is 0 Å². The van der Waals surface area contributed by atoms with Crippen LogP contribution in [0.4, 0.5) is 0 Å². The molecule has 0 saturated heterocycles. The van der Waals surface area contributed by atoms with Crippen LogP contribution in [-0.2, 0) is 21.9 Å². The van der Waals surface area contributed by atoms with Crippen LogP contribution in [-0.4, -0.2) is 34.6 Å². The van der Waals surface area contributed by atoms with Crippen molar-refractivity contribution in [3.05, 3.63) is 70.8 Å². The number of benzene rings is 2. The number of carbonyl (C=O) groups is 2. The van der Waals surface area contributed by atoms with Gasteiger partial charge in [0, 0.05) is 18.3 Å². The lowest BCUT2D eigenvalue weighted by molar-refractivity contribution is -0.139. The minimum absolute atomic E-state index is 0.0000784. The summed E-state index contributed by atoms with van der Waals surface area (Å²) in [5, 5.41) is 2.97. The van der Waals surface area contributed by atoms with E-state index in [1.165, 1.54) is 16.7 Å². The number of nitrogens with one attached hydrogen (secondary N) is 1. The first kappa shape index (κ1) is 24.0. The van der Waals surface area contributed by atoms with Gasteiger partial charge in [-0.15, -0.1) is 11.8 Å². The summed E-state index contributed by atoms with van der Waals surface area (Å²) < 4.78 is 0. The maximum absolute atomic E-state index is 13.2. The third kappa shape index (κ3) is 7.21. The number of hydrogen-bond acceptors (Lipinski definition) is 3. The van der Waals surface area contributed by atoms with Crippen molar-refractivity contribution in [1.29, 1.82) is 0 Å². The Morgan fingerprint density at radius 2 is 1.70 bits per heavy atom. The van der Waals surface area contributed by atoms with Gasteiger partial charge in [0.2, 0.25) is 11.8 Å². The highest BCUT2D eigenvalue weighted by molar-refractivity contribution is 7.99. The van der Waals surface area contributed by atoms with Gasteiger partial charge in [-0.1, -0.05) is 61.0 Å². The summed E-state index contributed by atoms with van der Waals surface area (Å²) in [4.78, 5) is 27.8. The Bertz CT molecular complexity index is 833. The molecule has 0 unspecified atom stereocenters. The second-order valence-corrected chi connectivity index (χ2v) is 9.00. The van der Waals surface area contributed by atoms with Crippen molar-refractivity contribution in [3.8, 4) is 0 Å². The zero-order valence-corrected chi connectivity index (χ0v) is 19.6. The molecule has 0 radical (unpaired) electrons. The Morgan fingerprint density at radius 3 is 2.30 bits per heavy atom. The van der Waals surface area contributed by atoms with Gasteiger partial charge in [-0.05, 0) is 50.8 Å². The lowest BCUT2D eigenvalue weighted by atomic mass is 10.1. The molecule has 2 aromatic rings. The van der Waals surface area contributed by atoms with Crippen LogP contribution in [0, 0.1) is 13.8 Å². The Balaban J connectivity index is 2.13. The highest BCUT2D eigenvalue weighted by atomic mass is 32.2. The Kier molecular flexibility index (Phi) is 9.44. The van der Waals surface area contributed by atoms with E-state index in [0.29, 0.717) is 18.7 Å². The first-order valence-corrected chi connectivity index (χ1v) is 11.7. The smallest absolute Gasteiger partial charge is 0.243 e. The van der Waals surface area contributed by atoms with Gasteiger partial charge in [0.05, 0.1) is 5.75 Å². The molecule has 30 heavy (non-hydrogen) atoms. The summed E-state index contributed by atoms with van der Waals surface area (Å²) in [6, 6.07) is 16.0. The first-order valence-electron chi connectivity index (χ1n) is 10.6. The van der Waals surface area contributed by atoms with E-state index in [0.717, 1.165) is 11.3 Å². The molecule has 0 saturated carbocycles. The van der Waals surface area contributed by atoms with Crippen LogP contribution in [0.1, 0.15) is 49.4 Å². The highest BCUT2D eigenvalue weighted by Crippen LogP contribution is 2.19. The minimum Gasteiger partial charge on any atom is -0.352 e. The van der Waals surface area contributed by atoms with Crippen molar-refractivity contribution in [1.82, 2.24) is 10.2 Å². The molecule has 0 heterocycles. The maximum Gasteiger partial charge on any atom is 0.243 e. The van der Waals surface area contributed by atoms with Crippen molar-refractivity contribution in [2.24, 2.45) is 0 Å². The topological polar surface area (TPSA) is 49.4 Å². The van der Waals surface area contributed by atoms with Crippen LogP contribution in [0.2, 0.25) is 0 Å². The fraction of sp³-hybridized carbons (Fsp3) is 0.440. The van der Waals surface area contributed by atoms with E-state index in [-0.39, 0.29) is 17.9 Å². The zero-order valence-electron chi connectivity index (χ0n) is 18.8. The predicted molar refractivity (Wildman–Crippen MR) is 126 cm³/mol. The van der Waals surface area contributed by atoms with Crippen molar-refractivity contribution in [2.75, 3.05) is 5.75 Å². The lowest BCUT2D eigenvalue weighted by Crippen LogP contribution is -2.50. The molecule has 2 rings (SSSR count). The largest absolute Gasteiger partial charge is 0.352 e. The van der Waals surface area contributed by atoms with Gasteiger partial charge in [-0.2, -0.15) is 0 Å². The van der Waals surface area contributed by atoms with E-state index in [2.05, 4.69) is 24.4 Å². The average Bonchev–Trinajstić information content (AvgIpc) is 2.70. The van der Waals surface area contributed by atoms with Crippen LogP contribution in [0.25, 0.3) is 0 Å². The maximum atomic E-state index is 13.2. The number of amides is 2. The third-order valence-electron chi connectivity index (χ3n) is 5.03. The number of aryl methyl sites for hydroxylation is 2.